The van der Waals surface area contributed by atoms with Crippen LogP contribution in [0.15, 0.2) is 47.6 Å². The van der Waals surface area contributed by atoms with Crippen LogP contribution in [-0.4, -0.2) is 0 Å². The highest BCUT2D eigenvalue weighted by Gasteiger charge is 2.01. The van der Waals surface area contributed by atoms with Crippen LogP contribution in [0.3, 0.4) is 0 Å². The molecule has 1 aliphatic carbocycles. The van der Waals surface area contributed by atoms with Gasteiger partial charge in [0.1, 0.15) is 0 Å². The molecule has 20 heavy (non-hydrogen) atoms. The third-order valence-electron chi connectivity index (χ3n) is 1.92. The minimum atomic E-state index is 1.18. The Morgan fingerprint density at radius 1 is 0.600 bits per heavy atom. The van der Waals surface area contributed by atoms with Gasteiger partial charge in [0, 0.05) is 0 Å². The molecule has 0 spiro atoms. The van der Waals surface area contributed by atoms with Gasteiger partial charge in [-0.1, -0.05) is 91.8 Å². The lowest BCUT2D eigenvalue weighted by molar-refractivity contribution is 1.01. The lowest BCUT2D eigenvalue weighted by Gasteiger charge is -2.08. The molecule has 0 heteroatoms. The molecule has 0 N–H and O–H groups in total. The molecule has 1 rings (SSSR count). The Hall–Kier alpha value is -1.04. The number of hydrogen-bond acceptors (Lipinski definition) is 0. The van der Waals surface area contributed by atoms with Crippen LogP contribution < -0.4 is 0 Å². The van der Waals surface area contributed by atoms with Crippen LogP contribution in [0.25, 0.3) is 0 Å². The third-order valence-corrected chi connectivity index (χ3v) is 1.92. The second-order valence-electron chi connectivity index (χ2n) is 2.90. The van der Waals surface area contributed by atoms with Crippen molar-refractivity contribution in [3.63, 3.8) is 0 Å². The molecule has 0 nitrogen and oxygen atoms in total. The molecule has 0 saturated heterocycles. The summed E-state index contributed by atoms with van der Waals surface area (Å²) in [5.41, 5.74) is 2.73. The fraction of sp³-hybridized carbons (Fsp3) is 0.600. The van der Waals surface area contributed by atoms with Gasteiger partial charge in [0.25, 0.3) is 0 Å². The first-order valence-electron chi connectivity index (χ1n) is 8.54. The number of hydrogen-bond donors (Lipinski definition) is 0. The van der Waals surface area contributed by atoms with Crippen molar-refractivity contribution in [2.45, 2.75) is 82.1 Å². The summed E-state index contributed by atoms with van der Waals surface area (Å²) in [6.45, 7) is 20.1. The summed E-state index contributed by atoms with van der Waals surface area (Å²) in [4.78, 5) is 0. The first-order chi connectivity index (χ1) is 9.88. The molecule has 0 bridgehead atoms. The fourth-order valence-corrected chi connectivity index (χ4v) is 1.40. The zero-order chi connectivity index (χ0) is 16.8. The average Bonchev–Trinajstić information content (AvgIpc) is 2.57. The van der Waals surface area contributed by atoms with Gasteiger partial charge >= 0.3 is 0 Å². The Kier molecular flexibility index (Phi) is 42.0. The zero-order valence-corrected chi connectivity index (χ0v) is 15.9. The molecule has 0 amide bonds. The second kappa shape index (κ2) is 30.8. The van der Waals surface area contributed by atoms with Gasteiger partial charge in [0.05, 0.1) is 0 Å². The van der Waals surface area contributed by atoms with Crippen LogP contribution in [0.4, 0.5) is 0 Å². The second-order valence-corrected chi connectivity index (χ2v) is 2.90. The summed E-state index contributed by atoms with van der Waals surface area (Å²) >= 11 is 0. The van der Waals surface area contributed by atoms with E-state index in [4.69, 9.17) is 0 Å². The molecule has 0 saturated carbocycles. The summed E-state index contributed by atoms with van der Waals surface area (Å²) in [6, 6.07) is 0. The Labute approximate surface area is 130 Å². The zero-order valence-electron chi connectivity index (χ0n) is 15.9. The first kappa shape index (κ1) is 27.3. The highest BCUT2D eigenvalue weighted by molar-refractivity contribution is 5.47. The molecule has 0 fully saturated rings. The summed E-state index contributed by atoms with van der Waals surface area (Å²) in [6.07, 6.45) is 15.5. The largest absolute Gasteiger partial charge is 0.0871 e. The van der Waals surface area contributed by atoms with Gasteiger partial charge in [-0.25, -0.2) is 0 Å². The van der Waals surface area contributed by atoms with Crippen molar-refractivity contribution in [1.82, 2.24) is 0 Å². The van der Waals surface area contributed by atoms with Crippen molar-refractivity contribution in [3.8, 4) is 0 Å². The smallest absolute Gasteiger partial charge is 0.0230 e. The van der Waals surface area contributed by atoms with Crippen molar-refractivity contribution < 1.29 is 0 Å². The van der Waals surface area contributed by atoms with Crippen LogP contribution in [0.5, 0.6) is 0 Å². The van der Waals surface area contributed by atoms with Crippen LogP contribution >= 0.6 is 0 Å². The molecule has 1 aliphatic rings. The lowest BCUT2D eigenvalue weighted by Crippen LogP contribution is -1.89. The normalized spacial score (nSPS) is 12.3. The van der Waals surface area contributed by atoms with E-state index in [0.717, 1.165) is 0 Å². The summed E-state index contributed by atoms with van der Waals surface area (Å²) in [5.74, 6) is 0. The molecule has 0 aliphatic heterocycles. The number of rotatable bonds is 2. The minimum absolute atomic E-state index is 1.18. The van der Waals surface area contributed by atoms with Crippen LogP contribution in [0, 0.1) is 0 Å². The van der Waals surface area contributed by atoms with Crippen molar-refractivity contribution in [1.29, 1.82) is 0 Å². The maximum Gasteiger partial charge on any atom is -0.0230 e. The van der Waals surface area contributed by atoms with E-state index in [1.165, 1.54) is 24.0 Å². The summed E-state index contributed by atoms with van der Waals surface area (Å²) < 4.78 is 0. The fourth-order valence-electron chi connectivity index (χ4n) is 1.40. The summed E-state index contributed by atoms with van der Waals surface area (Å²) in [5, 5.41) is 0. The van der Waals surface area contributed by atoms with Gasteiger partial charge in [-0.05, 0) is 37.8 Å². The molecule has 0 unspecified atom stereocenters. The molecular weight excluding hydrogens is 240 g/mol. The van der Waals surface area contributed by atoms with E-state index in [0.29, 0.717) is 0 Å². The molecular formula is C20H40. The van der Waals surface area contributed by atoms with Crippen molar-refractivity contribution >= 4 is 0 Å². The van der Waals surface area contributed by atoms with Crippen molar-refractivity contribution in [3.05, 3.63) is 47.6 Å². The van der Waals surface area contributed by atoms with Gasteiger partial charge in [0.2, 0.25) is 0 Å². The van der Waals surface area contributed by atoms with E-state index in [9.17, 15) is 0 Å². The molecule has 0 radical (unpaired) electrons. The van der Waals surface area contributed by atoms with Crippen molar-refractivity contribution in [2.24, 2.45) is 0 Å². The topological polar surface area (TPSA) is 0 Å². The monoisotopic (exact) mass is 280 g/mol. The van der Waals surface area contributed by atoms with E-state index in [2.05, 4.69) is 50.3 Å². The van der Waals surface area contributed by atoms with Crippen LogP contribution in [-0.2, 0) is 0 Å². The maximum atomic E-state index is 2.30. The van der Waals surface area contributed by atoms with E-state index < -0.39 is 0 Å². The molecule has 0 aromatic rings. The highest BCUT2D eigenvalue weighted by Crippen LogP contribution is 2.20. The minimum Gasteiger partial charge on any atom is -0.0871 e. The average molecular weight is 281 g/mol. The maximum absolute atomic E-state index is 2.30. The van der Waals surface area contributed by atoms with Crippen LogP contribution in [0.1, 0.15) is 82.1 Å². The third kappa shape index (κ3) is 17.0. The molecule has 120 valence electrons. The summed E-state index contributed by atoms with van der Waals surface area (Å²) in [7, 11) is 0. The molecule has 0 atom stereocenters. The van der Waals surface area contributed by atoms with Gasteiger partial charge in [-0.3, -0.25) is 0 Å². The van der Waals surface area contributed by atoms with Gasteiger partial charge in [0.15, 0.2) is 0 Å². The SMILES string of the molecule is C/C=C\C1=CCCC=C1/C=C\C.CC.CC.CC.CC. The Morgan fingerprint density at radius 2 is 0.850 bits per heavy atom. The Morgan fingerprint density at radius 3 is 1.05 bits per heavy atom. The molecule has 0 aromatic heterocycles. The Balaban J connectivity index is -0.000000138. The van der Waals surface area contributed by atoms with E-state index in [-0.39, 0.29) is 0 Å². The predicted octanol–water partition coefficient (Wildman–Crippen LogP) is 7.89. The van der Waals surface area contributed by atoms with E-state index in [1.54, 1.807) is 0 Å². The number of allylic oxidation sites excluding steroid dienone is 8. The predicted molar refractivity (Wildman–Crippen MR) is 100 cm³/mol. The Bertz CT molecular complexity index is 221. The first-order valence-corrected chi connectivity index (χ1v) is 8.54. The van der Waals surface area contributed by atoms with Gasteiger partial charge in [-0.2, -0.15) is 0 Å². The van der Waals surface area contributed by atoms with Crippen LogP contribution in [0.2, 0.25) is 0 Å². The standard InChI is InChI=1S/C12H16.4C2H6/c1-3-7-11-9-5-6-10-12(11)8-4-2;4*1-2/h3-4,7-10H,5-6H2,1-2H3;4*1-2H3/b7-3-,8-4-;;;;. The molecule has 0 heterocycles. The molecule has 0 aromatic carbocycles. The van der Waals surface area contributed by atoms with Gasteiger partial charge < -0.3 is 0 Å². The van der Waals surface area contributed by atoms with Crippen molar-refractivity contribution in [2.75, 3.05) is 0 Å². The highest BCUT2D eigenvalue weighted by atomic mass is 14.1. The van der Waals surface area contributed by atoms with E-state index in [1.807, 2.05) is 55.4 Å². The van der Waals surface area contributed by atoms with E-state index >= 15 is 0 Å². The van der Waals surface area contributed by atoms with Gasteiger partial charge in [-0.15, -0.1) is 0 Å². The lowest BCUT2D eigenvalue weighted by atomic mass is 9.97. The quantitative estimate of drug-likeness (QED) is 0.482.